The van der Waals surface area contributed by atoms with E-state index in [0.717, 1.165) is 11.5 Å². The number of carboxylic acids is 1. The fraction of sp³-hybridized carbons (Fsp3) is 0.231. The fourth-order valence-corrected chi connectivity index (χ4v) is 1.57. The van der Waals surface area contributed by atoms with Gasteiger partial charge < -0.3 is 14.8 Å². The minimum Gasteiger partial charge on any atom is -0.478 e. The Morgan fingerprint density at radius 2 is 2.33 bits per heavy atom. The van der Waals surface area contributed by atoms with E-state index in [2.05, 4.69) is 10.3 Å². The van der Waals surface area contributed by atoms with E-state index in [1.807, 2.05) is 13.0 Å². The number of furan rings is 1. The maximum absolute atomic E-state index is 11.0. The third-order valence-electron chi connectivity index (χ3n) is 2.51. The molecular weight excluding hydrogens is 232 g/mol. The highest BCUT2D eigenvalue weighted by atomic mass is 16.4. The number of hydrogen-bond donors (Lipinski definition) is 2. The number of aromatic nitrogens is 1. The number of nitrogens with one attached hydrogen (secondary N) is 1. The molecule has 0 aliphatic heterocycles. The molecule has 0 amide bonds. The molecule has 0 bridgehead atoms. The van der Waals surface area contributed by atoms with Gasteiger partial charge in [-0.15, -0.1) is 0 Å². The molecule has 0 saturated carbocycles. The van der Waals surface area contributed by atoms with Crippen LogP contribution in [-0.2, 0) is 13.0 Å². The maximum atomic E-state index is 11.0. The number of carboxylic acid groups (broad SMARTS) is 1. The predicted octanol–water partition coefficient (Wildman–Crippen LogP) is 2.55. The van der Waals surface area contributed by atoms with E-state index < -0.39 is 5.97 Å². The van der Waals surface area contributed by atoms with Crippen LogP contribution in [0.1, 0.15) is 28.7 Å². The summed E-state index contributed by atoms with van der Waals surface area (Å²) in [5, 5.41) is 12.1. The van der Waals surface area contributed by atoms with Crippen molar-refractivity contribution in [2.24, 2.45) is 0 Å². The van der Waals surface area contributed by atoms with Crippen LogP contribution in [0.25, 0.3) is 0 Å². The summed E-state index contributed by atoms with van der Waals surface area (Å²) in [6.07, 6.45) is 2.28. The number of nitrogens with zero attached hydrogens (tertiary/aromatic N) is 1. The molecule has 5 heteroatoms. The molecule has 0 aliphatic carbocycles. The first-order valence-electron chi connectivity index (χ1n) is 5.69. The zero-order valence-corrected chi connectivity index (χ0v) is 10.0. The van der Waals surface area contributed by atoms with Gasteiger partial charge in [-0.05, 0) is 30.7 Å². The van der Waals surface area contributed by atoms with E-state index in [4.69, 9.17) is 9.52 Å². The Morgan fingerprint density at radius 1 is 1.50 bits per heavy atom. The molecule has 2 rings (SSSR count). The van der Waals surface area contributed by atoms with Crippen LogP contribution in [0.2, 0.25) is 0 Å². The van der Waals surface area contributed by atoms with E-state index in [9.17, 15) is 4.79 Å². The van der Waals surface area contributed by atoms with E-state index >= 15 is 0 Å². The van der Waals surface area contributed by atoms with Crippen molar-refractivity contribution in [3.63, 3.8) is 0 Å². The highest BCUT2D eigenvalue weighted by Crippen LogP contribution is 2.13. The van der Waals surface area contributed by atoms with Gasteiger partial charge in [0.05, 0.1) is 18.4 Å². The van der Waals surface area contributed by atoms with E-state index in [0.29, 0.717) is 18.8 Å². The van der Waals surface area contributed by atoms with E-state index in [1.54, 1.807) is 18.4 Å². The first-order chi connectivity index (χ1) is 8.69. The molecule has 2 heterocycles. The summed E-state index contributed by atoms with van der Waals surface area (Å²) in [5.41, 5.74) is 0.987. The van der Waals surface area contributed by atoms with Gasteiger partial charge >= 0.3 is 5.97 Å². The van der Waals surface area contributed by atoms with Crippen molar-refractivity contribution in [1.82, 2.24) is 4.98 Å². The highest BCUT2D eigenvalue weighted by molar-refractivity contribution is 5.88. The van der Waals surface area contributed by atoms with Gasteiger partial charge in [0, 0.05) is 5.69 Å². The Morgan fingerprint density at radius 3 is 2.94 bits per heavy atom. The molecule has 0 unspecified atom stereocenters. The monoisotopic (exact) mass is 246 g/mol. The molecule has 0 spiro atoms. The lowest BCUT2D eigenvalue weighted by Crippen LogP contribution is -2.06. The van der Waals surface area contributed by atoms with Crippen LogP contribution < -0.4 is 5.32 Å². The fourth-order valence-electron chi connectivity index (χ4n) is 1.57. The Labute approximate surface area is 104 Å². The maximum Gasteiger partial charge on any atom is 0.335 e. The van der Waals surface area contributed by atoms with Crippen LogP contribution in [-0.4, -0.2) is 16.1 Å². The summed E-state index contributed by atoms with van der Waals surface area (Å²) in [7, 11) is 0. The van der Waals surface area contributed by atoms with Gasteiger partial charge in [-0.25, -0.2) is 9.78 Å². The Balaban J connectivity index is 2.16. The summed E-state index contributed by atoms with van der Waals surface area (Å²) in [4.78, 5) is 15.3. The van der Waals surface area contributed by atoms with Crippen LogP contribution in [0.5, 0.6) is 0 Å². The van der Waals surface area contributed by atoms with Crippen molar-refractivity contribution in [3.8, 4) is 0 Å². The molecular formula is C13H14N2O3. The molecule has 2 aromatic heterocycles. The molecule has 94 valence electrons. The van der Waals surface area contributed by atoms with Crippen LogP contribution in [0.4, 0.5) is 5.82 Å². The molecule has 2 N–H and O–H groups in total. The number of aromatic carboxylic acids is 1. The van der Waals surface area contributed by atoms with Gasteiger partial charge in [-0.1, -0.05) is 6.92 Å². The number of hydrogen-bond acceptors (Lipinski definition) is 4. The first-order valence-corrected chi connectivity index (χ1v) is 5.69. The molecule has 0 atom stereocenters. The van der Waals surface area contributed by atoms with E-state index in [1.165, 1.54) is 6.07 Å². The quantitative estimate of drug-likeness (QED) is 0.847. The number of pyridine rings is 1. The zero-order chi connectivity index (χ0) is 13.0. The molecule has 0 fully saturated rings. The third kappa shape index (κ3) is 2.88. The normalized spacial score (nSPS) is 10.3. The van der Waals surface area contributed by atoms with Crippen molar-refractivity contribution in [2.45, 2.75) is 19.9 Å². The van der Waals surface area contributed by atoms with Crippen LogP contribution in [0, 0.1) is 0 Å². The van der Waals surface area contributed by atoms with Gasteiger partial charge in [-0.3, -0.25) is 0 Å². The summed E-state index contributed by atoms with van der Waals surface area (Å²) in [6, 6.07) is 6.75. The van der Waals surface area contributed by atoms with Crippen LogP contribution in [0.15, 0.2) is 34.9 Å². The van der Waals surface area contributed by atoms with Crippen LogP contribution in [0.3, 0.4) is 0 Å². The van der Waals surface area contributed by atoms with Gasteiger partial charge in [0.2, 0.25) is 0 Å². The Kier molecular flexibility index (Phi) is 3.62. The standard InChI is InChI=1S/C13H14N2O3/c1-2-10-6-9(13(16)17)7-12(15-10)14-8-11-4-3-5-18-11/h3-7H,2,8H2,1H3,(H,14,15)(H,16,17). The SMILES string of the molecule is CCc1cc(C(=O)O)cc(NCc2ccco2)n1. The average molecular weight is 246 g/mol. The predicted molar refractivity (Wildman–Crippen MR) is 66.6 cm³/mol. The second-order valence-corrected chi connectivity index (χ2v) is 3.82. The van der Waals surface area contributed by atoms with Crippen molar-refractivity contribution >= 4 is 11.8 Å². The number of anilines is 1. The summed E-state index contributed by atoms with van der Waals surface area (Å²) in [5.74, 6) is 0.367. The summed E-state index contributed by atoms with van der Waals surface area (Å²) >= 11 is 0. The smallest absolute Gasteiger partial charge is 0.335 e. The van der Waals surface area contributed by atoms with Crippen molar-refractivity contribution < 1.29 is 14.3 Å². The molecule has 0 radical (unpaired) electrons. The number of aryl methyl sites for hydroxylation is 1. The summed E-state index contributed by atoms with van der Waals surface area (Å²) < 4.78 is 5.18. The lowest BCUT2D eigenvalue weighted by Gasteiger charge is -2.07. The second kappa shape index (κ2) is 5.35. The van der Waals surface area contributed by atoms with Crippen molar-refractivity contribution in [1.29, 1.82) is 0 Å². The summed E-state index contributed by atoms with van der Waals surface area (Å²) in [6.45, 7) is 2.41. The van der Waals surface area contributed by atoms with Gasteiger partial charge in [0.1, 0.15) is 11.6 Å². The lowest BCUT2D eigenvalue weighted by molar-refractivity contribution is 0.0696. The molecule has 2 aromatic rings. The largest absolute Gasteiger partial charge is 0.478 e. The minimum absolute atomic E-state index is 0.240. The van der Waals surface area contributed by atoms with Crippen LogP contribution >= 0.6 is 0 Å². The van der Waals surface area contributed by atoms with E-state index in [-0.39, 0.29) is 5.56 Å². The number of rotatable bonds is 5. The first kappa shape index (κ1) is 12.2. The molecule has 0 saturated heterocycles. The molecule has 5 nitrogen and oxygen atoms in total. The number of carbonyl (C=O) groups is 1. The lowest BCUT2D eigenvalue weighted by atomic mass is 10.2. The zero-order valence-electron chi connectivity index (χ0n) is 10.0. The van der Waals surface area contributed by atoms with Gasteiger partial charge in [-0.2, -0.15) is 0 Å². The Bertz CT molecular complexity index is 535. The second-order valence-electron chi connectivity index (χ2n) is 3.82. The highest BCUT2D eigenvalue weighted by Gasteiger charge is 2.07. The van der Waals surface area contributed by atoms with Crippen molar-refractivity contribution in [3.05, 3.63) is 47.5 Å². The molecule has 0 aromatic carbocycles. The average Bonchev–Trinajstić information content (AvgIpc) is 2.89. The Hall–Kier alpha value is -2.30. The molecule has 18 heavy (non-hydrogen) atoms. The topological polar surface area (TPSA) is 75.4 Å². The van der Waals surface area contributed by atoms with Crippen molar-refractivity contribution in [2.75, 3.05) is 5.32 Å². The van der Waals surface area contributed by atoms with Gasteiger partial charge in [0.15, 0.2) is 0 Å². The third-order valence-corrected chi connectivity index (χ3v) is 2.51. The molecule has 0 aliphatic rings. The van der Waals surface area contributed by atoms with Gasteiger partial charge in [0.25, 0.3) is 0 Å². The minimum atomic E-state index is -0.951.